The largest absolute Gasteiger partial charge is 0.309 e. The molecule has 1 aliphatic rings. The minimum absolute atomic E-state index is 0.102. The summed E-state index contributed by atoms with van der Waals surface area (Å²) in [5.74, 6) is -0.548. The van der Waals surface area contributed by atoms with Crippen LogP contribution in [0.2, 0.25) is 0 Å². The van der Waals surface area contributed by atoms with E-state index in [9.17, 15) is 13.6 Å². The summed E-state index contributed by atoms with van der Waals surface area (Å²) >= 11 is 2.95. The Morgan fingerprint density at radius 1 is 1.35 bits per heavy atom. The van der Waals surface area contributed by atoms with E-state index in [-0.39, 0.29) is 10.8 Å². The summed E-state index contributed by atoms with van der Waals surface area (Å²) in [7, 11) is 0. The smallest absolute Gasteiger partial charge is 0.259 e. The Kier molecular flexibility index (Phi) is 4.61. The Morgan fingerprint density at radius 3 is 2.92 bits per heavy atom. The van der Waals surface area contributed by atoms with Gasteiger partial charge in [0.25, 0.3) is 5.56 Å². The van der Waals surface area contributed by atoms with E-state index in [1.165, 1.54) is 28.8 Å². The van der Waals surface area contributed by atoms with Crippen molar-refractivity contribution in [2.24, 2.45) is 5.92 Å². The summed E-state index contributed by atoms with van der Waals surface area (Å²) in [4.78, 5) is 22.9. The fourth-order valence-corrected chi connectivity index (χ4v) is 5.71. The molecule has 4 rings (SSSR count). The molecule has 3 aromatic rings. The molecule has 0 saturated carbocycles. The first-order valence-corrected chi connectivity index (χ1v) is 10.3. The Labute approximate surface area is 157 Å². The number of aromatic nitrogens is 2. The molecule has 1 aliphatic carbocycles. The Hall–Kier alpha value is -1.73. The molecule has 1 N–H and O–H groups in total. The average molecular weight is 392 g/mol. The number of halogens is 2. The highest BCUT2D eigenvalue weighted by molar-refractivity contribution is 7.99. The predicted molar refractivity (Wildman–Crippen MR) is 102 cm³/mol. The van der Waals surface area contributed by atoms with Crippen molar-refractivity contribution in [3.8, 4) is 0 Å². The number of H-pyrrole nitrogens is 1. The van der Waals surface area contributed by atoms with Gasteiger partial charge < -0.3 is 4.98 Å². The molecular formula is C19H18F2N2OS2. The van der Waals surface area contributed by atoms with Gasteiger partial charge in [0.2, 0.25) is 0 Å². The number of thioether (sulfide) groups is 1. The van der Waals surface area contributed by atoms with Crippen LogP contribution in [0.3, 0.4) is 0 Å². The maximum atomic E-state index is 13.4. The first kappa shape index (κ1) is 17.7. The number of nitrogens with zero attached hydrogens (tertiary/aromatic N) is 1. The fraction of sp³-hybridized carbons (Fsp3) is 0.368. The monoisotopic (exact) mass is 392 g/mol. The second kappa shape index (κ2) is 6.78. The van der Waals surface area contributed by atoms with Crippen molar-refractivity contribution in [2.75, 3.05) is 0 Å². The average Bonchev–Trinajstić information content (AvgIpc) is 2.95. The normalized spacial score (nSPS) is 18.1. The van der Waals surface area contributed by atoms with Gasteiger partial charge in [0.05, 0.1) is 10.6 Å². The van der Waals surface area contributed by atoms with Crippen molar-refractivity contribution < 1.29 is 8.78 Å². The minimum Gasteiger partial charge on any atom is -0.309 e. The number of rotatable bonds is 3. The summed E-state index contributed by atoms with van der Waals surface area (Å²) in [5.41, 5.74) is 1.05. The molecule has 0 unspecified atom stereocenters. The Balaban J connectivity index is 1.68. The SMILES string of the molecule is C[C@H]1CCc2c(sc3nc([C@H](C)Sc4ccc(F)c(F)c4)[nH]c(=O)c23)C1. The van der Waals surface area contributed by atoms with E-state index >= 15 is 0 Å². The molecule has 0 radical (unpaired) electrons. The zero-order valence-electron chi connectivity index (χ0n) is 14.4. The summed E-state index contributed by atoms with van der Waals surface area (Å²) in [6.07, 6.45) is 3.03. The summed E-state index contributed by atoms with van der Waals surface area (Å²) < 4.78 is 26.5. The molecule has 0 spiro atoms. The third-order valence-electron chi connectivity index (χ3n) is 4.77. The molecule has 2 aromatic heterocycles. The molecule has 26 heavy (non-hydrogen) atoms. The van der Waals surface area contributed by atoms with E-state index in [1.807, 2.05) is 6.92 Å². The highest BCUT2D eigenvalue weighted by atomic mass is 32.2. The number of aryl methyl sites for hydroxylation is 1. The zero-order chi connectivity index (χ0) is 18.4. The molecular weight excluding hydrogens is 374 g/mol. The van der Waals surface area contributed by atoms with Gasteiger partial charge in [-0.3, -0.25) is 4.79 Å². The lowest BCUT2D eigenvalue weighted by Crippen LogP contribution is -2.15. The van der Waals surface area contributed by atoms with Gasteiger partial charge >= 0.3 is 0 Å². The lowest BCUT2D eigenvalue weighted by Gasteiger charge is -2.17. The van der Waals surface area contributed by atoms with Gasteiger partial charge in [-0.15, -0.1) is 23.1 Å². The second-order valence-corrected chi connectivity index (χ2v) is 9.32. The van der Waals surface area contributed by atoms with Gasteiger partial charge in [-0.25, -0.2) is 13.8 Å². The van der Waals surface area contributed by atoms with Crippen molar-refractivity contribution in [3.63, 3.8) is 0 Å². The maximum Gasteiger partial charge on any atom is 0.259 e. The zero-order valence-corrected chi connectivity index (χ0v) is 16.1. The number of nitrogens with one attached hydrogen (secondary N) is 1. The quantitative estimate of drug-likeness (QED) is 0.620. The van der Waals surface area contributed by atoms with E-state index in [0.29, 0.717) is 16.6 Å². The van der Waals surface area contributed by atoms with E-state index in [0.717, 1.165) is 41.1 Å². The van der Waals surface area contributed by atoms with Crippen molar-refractivity contribution in [2.45, 2.75) is 43.3 Å². The third kappa shape index (κ3) is 3.18. The molecule has 2 atom stereocenters. The van der Waals surface area contributed by atoms with Crippen LogP contribution in [0, 0.1) is 17.6 Å². The number of hydrogen-bond acceptors (Lipinski definition) is 4. The number of aromatic amines is 1. The summed E-state index contributed by atoms with van der Waals surface area (Å²) in [6, 6.07) is 3.80. The van der Waals surface area contributed by atoms with Gasteiger partial charge in [0.1, 0.15) is 10.7 Å². The van der Waals surface area contributed by atoms with E-state index < -0.39 is 11.6 Å². The Bertz CT molecular complexity index is 1040. The maximum absolute atomic E-state index is 13.4. The van der Waals surface area contributed by atoms with Crippen LogP contribution in [0.5, 0.6) is 0 Å². The third-order valence-corrected chi connectivity index (χ3v) is 7.02. The van der Waals surface area contributed by atoms with Crippen molar-refractivity contribution in [1.82, 2.24) is 9.97 Å². The summed E-state index contributed by atoms with van der Waals surface area (Å²) in [6.45, 7) is 4.13. The van der Waals surface area contributed by atoms with Gasteiger partial charge in [0.15, 0.2) is 11.6 Å². The van der Waals surface area contributed by atoms with Crippen LogP contribution in [-0.4, -0.2) is 9.97 Å². The van der Waals surface area contributed by atoms with Crippen LogP contribution in [-0.2, 0) is 12.8 Å². The van der Waals surface area contributed by atoms with Crippen molar-refractivity contribution >= 4 is 33.3 Å². The van der Waals surface area contributed by atoms with Crippen LogP contribution >= 0.6 is 23.1 Å². The van der Waals surface area contributed by atoms with Gasteiger partial charge in [0, 0.05) is 9.77 Å². The molecule has 0 aliphatic heterocycles. The highest BCUT2D eigenvalue weighted by Crippen LogP contribution is 2.38. The number of fused-ring (bicyclic) bond motifs is 3. The van der Waals surface area contributed by atoms with E-state index in [1.54, 1.807) is 11.3 Å². The van der Waals surface area contributed by atoms with Crippen LogP contribution < -0.4 is 5.56 Å². The standard InChI is InChI=1S/C19H18F2N2OS2/c1-9-3-5-12-15(7-9)26-19-16(12)18(24)22-17(23-19)10(2)25-11-4-6-13(20)14(21)8-11/h4,6,8-10H,3,5,7H2,1-2H3,(H,22,23,24)/t9-,10-/m0/s1. The van der Waals surface area contributed by atoms with Gasteiger partial charge in [-0.05, 0) is 55.9 Å². The van der Waals surface area contributed by atoms with Crippen molar-refractivity contribution in [1.29, 1.82) is 0 Å². The molecule has 0 amide bonds. The van der Waals surface area contributed by atoms with Crippen molar-refractivity contribution in [3.05, 3.63) is 56.5 Å². The summed E-state index contributed by atoms with van der Waals surface area (Å²) in [5, 5.41) is 0.542. The molecule has 1 aromatic carbocycles. The molecule has 0 bridgehead atoms. The fourth-order valence-electron chi connectivity index (χ4n) is 3.37. The lowest BCUT2D eigenvalue weighted by molar-refractivity contribution is 0.506. The van der Waals surface area contributed by atoms with Gasteiger partial charge in [-0.2, -0.15) is 0 Å². The van der Waals surface area contributed by atoms with Crippen LogP contribution in [0.4, 0.5) is 8.78 Å². The number of thiophene rings is 1. The second-order valence-electron chi connectivity index (χ2n) is 6.82. The number of benzene rings is 1. The molecule has 136 valence electrons. The van der Waals surface area contributed by atoms with E-state index in [2.05, 4.69) is 16.9 Å². The topological polar surface area (TPSA) is 45.8 Å². The molecule has 0 saturated heterocycles. The van der Waals surface area contributed by atoms with Gasteiger partial charge in [-0.1, -0.05) is 6.92 Å². The van der Waals surface area contributed by atoms with Crippen LogP contribution in [0.1, 0.15) is 41.8 Å². The first-order valence-electron chi connectivity index (χ1n) is 8.58. The predicted octanol–water partition coefficient (Wildman–Crippen LogP) is 5.24. The number of hydrogen-bond donors (Lipinski definition) is 1. The molecule has 7 heteroatoms. The van der Waals surface area contributed by atoms with E-state index in [4.69, 9.17) is 0 Å². The Morgan fingerprint density at radius 2 is 2.15 bits per heavy atom. The molecule has 0 fully saturated rings. The first-order chi connectivity index (χ1) is 12.4. The van der Waals surface area contributed by atoms with Crippen LogP contribution in [0.15, 0.2) is 27.9 Å². The molecule has 2 heterocycles. The minimum atomic E-state index is -0.876. The lowest BCUT2D eigenvalue weighted by atomic mass is 9.89. The van der Waals surface area contributed by atoms with Crippen LogP contribution in [0.25, 0.3) is 10.2 Å². The molecule has 3 nitrogen and oxygen atoms in total. The highest BCUT2D eigenvalue weighted by Gasteiger charge is 2.24.